The molecule has 1 unspecified atom stereocenters. The van der Waals surface area contributed by atoms with Gasteiger partial charge in [0.15, 0.2) is 11.5 Å². The summed E-state index contributed by atoms with van der Waals surface area (Å²) in [5.74, 6) is -0.685. The van der Waals surface area contributed by atoms with E-state index < -0.39 is 17.6 Å². The van der Waals surface area contributed by atoms with Gasteiger partial charge in [-0.3, -0.25) is 9.59 Å². The summed E-state index contributed by atoms with van der Waals surface area (Å²) in [5, 5.41) is 13.4. The largest absolute Gasteiger partial charge is 0.486 e. The van der Waals surface area contributed by atoms with E-state index in [4.69, 9.17) is 9.47 Å². The van der Waals surface area contributed by atoms with Crippen molar-refractivity contribution in [3.8, 4) is 17.2 Å². The predicted octanol–water partition coefficient (Wildman–Crippen LogP) is 1.56. The lowest BCUT2D eigenvalue weighted by Crippen LogP contribution is -2.28. The lowest BCUT2D eigenvalue weighted by molar-refractivity contribution is -0.122. The molecule has 0 spiro atoms. The van der Waals surface area contributed by atoms with E-state index >= 15 is 0 Å². The van der Waals surface area contributed by atoms with Crippen molar-refractivity contribution in [2.45, 2.75) is 6.42 Å². The van der Waals surface area contributed by atoms with E-state index in [2.05, 4.69) is 20.8 Å². The number of carbonyl (C=O) groups is 2. The third-order valence-corrected chi connectivity index (χ3v) is 5.15. The maximum atomic E-state index is 14.3. The van der Waals surface area contributed by atoms with Gasteiger partial charge in [-0.2, -0.15) is 0 Å². The van der Waals surface area contributed by atoms with Crippen LogP contribution in [0.15, 0.2) is 42.7 Å². The van der Waals surface area contributed by atoms with Crippen molar-refractivity contribution in [1.29, 1.82) is 0 Å². The van der Waals surface area contributed by atoms with Crippen LogP contribution in [0.5, 0.6) is 11.5 Å². The molecule has 1 aromatic heterocycles. The van der Waals surface area contributed by atoms with Gasteiger partial charge in [0.1, 0.15) is 25.4 Å². The second-order valence-corrected chi connectivity index (χ2v) is 7.14. The Morgan fingerprint density at radius 2 is 1.90 bits per heavy atom. The summed E-state index contributed by atoms with van der Waals surface area (Å²) < 4.78 is 26.7. The fourth-order valence-electron chi connectivity index (χ4n) is 3.60. The highest BCUT2D eigenvalue weighted by Gasteiger charge is 2.36. The molecule has 3 aromatic rings. The predicted molar refractivity (Wildman–Crippen MR) is 106 cm³/mol. The molecule has 0 radical (unpaired) electrons. The Labute approximate surface area is 175 Å². The Kier molecular flexibility index (Phi) is 4.69. The summed E-state index contributed by atoms with van der Waals surface area (Å²) in [5.41, 5.74) is 1.10. The van der Waals surface area contributed by atoms with E-state index in [0.717, 1.165) is 0 Å². The van der Waals surface area contributed by atoms with Gasteiger partial charge in [-0.05, 0) is 40.8 Å². The summed E-state index contributed by atoms with van der Waals surface area (Å²) >= 11 is 0. The number of ether oxygens (including phenoxy) is 2. The molecule has 1 saturated heterocycles. The van der Waals surface area contributed by atoms with Gasteiger partial charge in [0.25, 0.3) is 0 Å². The van der Waals surface area contributed by atoms with Gasteiger partial charge in [0.2, 0.25) is 11.8 Å². The van der Waals surface area contributed by atoms with Crippen molar-refractivity contribution in [2.24, 2.45) is 5.92 Å². The molecule has 31 heavy (non-hydrogen) atoms. The van der Waals surface area contributed by atoms with E-state index in [1.807, 2.05) is 0 Å². The maximum absolute atomic E-state index is 14.3. The number of hydrogen-bond acceptors (Lipinski definition) is 7. The molecule has 5 rings (SSSR count). The monoisotopic (exact) mass is 424 g/mol. The molecule has 1 N–H and O–H groups in total. The topological polar surface area (TPSA) is 111 Å². The van der Waals surface area contributed by atoms with Gasteiger partial charge in [-0.25, -0.2) is 9.07 Å². The first-order chi connectivity index (χ1) is 15.1. The van der Waals surface area contributed by atoms with Crippen molar-refractivity contribution >= 4 is 23.2 Å². The number of aromatic nitrogens is 4. The first-order valence-electron chi connectivity index (χ1n) is 9.62. The fourth-order valence-corrected chi connectivity index (χ4v) is 3.60. The minimum absolute atomic E-state index is 0.0109. The van der Waals surface area contributed by atoms with E-state index in [1.54, 1.807) is 18.2 Å². The summed E-state index contributed by atoms with van der Waals surface area (Å²) in [6.07, 6.45) is 1.38. The Morgan fingerprint density at radius 3 is 2.71 bits per heavy atom. The molecule has 0 aliphatic carbocycles. The van der Waals surface area contributed by atoms with Gasteiger partial charge in [0, 0.05) is 24.7 Å². The van der Waals surface area contributed by atoms with Crippen molar-refractivity contribution in [3.63, 3.8) is 0 Å². The number of carbonyl (C=O) groups excluding carboxylic acids is 2. The van der Waals surface area contributed by atoms with Gasteiger partial charge in [0.05, 0.1) is 17.3 Å². The van der Waals surface area contributed by atoms with Crippen molar-refractivity contribution in [2.75, 3.05) is 30.0 Å². The number of nitrogens with one attached hydrogen (secondary N) is 1. The molecule has 3 heterocycles. The molecular formula is C20H17FN6O4. The number of fused-ring (bicyclic) bond motifs is 1. The first kappa shape index (κ1) is 19.0. The van der Waals surface area contributed by atoms with Crippen LogP contribution in [0.2, 0.25) is 0 Å². The summed E-state index contributed by atoms with van der Waals surface area (Å²) in [6.45, 7) is 1.09. The normalized spacial score (nSPS) is 17.6. The Bertz CT molecular complexity index is 1150. The number of halogens is 1. The van der Waals surface area contributed by atoms with Crippen LogP contribution in [0.1, 0.15) is 6.42 Å². The van der Waals surface area contributed by atoms with Crippen LogP contribution < -0.4 is 19.7 Å². The second-order valence-electron chi connectivity index (χ2n) is 7.14. The van der Waals surface area contributed by atoms with E-state index in [1.165, 1.54) is 34.1 Å². The molecule has 2 aliphatic heterocycles. The maximum Gasteiger partial charge on any atom is 0.229 e. The standard InChI is InChI=1S/C20H17FN6O4/c21-15-3-1-14(27-11-22-24-25-27)8-16(15)23-20(29)12-7-19(28)26(10-12)13-2-4-17-18(9-13)31-6-5-30-17/h1-4,8-9,11-12H,5-7,10H2,(H,23,29). The highest BCUT2D eigenvalue weighted by molar-refractivity contribution is 6.03. The van der Waals surface area contributed by atoms with Crippen LogP contribution in [0, 0.1) is 11.7 Å². The van der Waals surface area contributed by atoms with Crippen LogP contribution in [-0.4, -0.2) is 51.8 Å². The number of hydrogen-bond donors (Lipinski definition) is 1. The molecule has 1 atom stereocenters. The number of rotatable bonds is 4. The average molecular weight is 424 g/mol. The zero-order valence-corrected chi connectivity index (χ0v) is 16.2. The van der Waals surface area contributed by atoms with Gasteiger partial charge in [-0.1, -0.05) is 0 Å². The number of amides is 2. The number of tetrazole rings is 1. The molecule has 0 saturated carbocycles. The molecule has 10 nitrogen and oxygen atoms in total. The lowest BCUT2D eigenvalue weighted by atomic mass is 10.1. The van der Waals surface area contributed by atoms with Gasteiger partial charge < -0.3 is 19.7 Å². The van der Waals surface area contributed by atoms with Crippen molar-refractivity contribution < 1.29 is 23.5 Å². The Balaban J connectivity index is 1.31. The molecule has 1 fully saturated rings. The Morgan fingerprint density at radius 1 is 1.10 bits per heavy atom. The minimum atomic E-state index is -0.628. The van der Waals surface area contributed by atoms with Crippen molar-refractivity contribution in [3.05, 3.63) is 48.5 Å². The van der Waals surface area contributed by atoms with Crippen molar-refractivity contribution in [1.82, 2.24) is 20.2 Å². The lowest BCUT2D eigenvalue weighted by Gasteiger charge is -2.22. The van der Waals surface area contributed by atoms with Crippen LogP contribution in [0.3, 0.4) is 0 Å². The SMILES string of the molecule is O=C(Nc1cc(-n2cnnn2)ccc1F)C1CC(=O)N(c2ccc3c(c2)OCCO3)C1. The molecule has 0 bridgehead atoms. The summed E-state index contributed by atoms with van der Waals surface area (Å²) in [4.78, 5) is 26.9. The van der Waals surface area contributed by atoms with Crippen LogP contribution in [0.25, 0.3) is 5.69 Å². The first-order valence-corrected chi connectivity index (χ1v) is 9.62. The molecule has 11 heteroatoms. The zero-order valence-electron chi connectivity index (χ0n) is 16.2. The zero-order chi connectivity index (χ0) is 21.4. The highest BCUT2D eigenvalue weighted by Crippen LogP contribution is 2.36. The number of nitrogens with zero attached hydrogens (tertiary/aromatic N) is 5. The average Bonchev–Trinajstić information content (AvgIpc) is 3.45. The van der Waals surface area contributed by atoms with Crippen LogP contribution in [-0.2, 0) is 9.59 Å². The minimum Gasteiger partial charge on any atom is -0.486 e. The van der Waals surface area contributed by atoms with Crippen LogP contribution >= 0.6 is 0 Å². The summed E-state index contributed by atoms with van der Waals surface area (Å²) in [6, 6.07) is 9.35. The van der Waals surface area contributed by atoms with Gasteiger partial charge >= 0.3 is 0 Å². The van der Waals surface area contributed by atoms with Gasteiger partial charge in [-0.15, -0.1) is 5.10 Å². The third-order valence-electron chi connectivity index (χ3n) is 5.15. The molecular weight excluding hydrogens is 407 g/mol. The smallest absolute Gasteiger partial charge is 0.229 e. The number of benzene rings is 2. The quantitative estimate of drug-likeness (QED) is 0.677. The molecule has 2 aromatic carbocycles. The van der Waals surface area contributed by atoms with E-state index in [0.29, 0.717) is 36.1 Å². The van der Waals surface area contributed by atoms with E-state index in [-0.39, 0.29) is 24.6 Å². The fraction of sp³-hybridized carbons (Fsp3) is 0.250. The number of anilines is 2. The van der Waals surface area contributed by atoms with Crippen LogP contribution in [0.4, 0.5) is 15.8 Å². The molecule has 2 amide bonds. The van der Waals surface area contributed by atoms with E-state index in [9.17, 15) is 14.0 Å². The molecule has 158 valence electrons. The molecule has 2 aliphatic rings. The second kappa shape index (κ2) is 7.67. The Hall–Kier alpha value is -4.02. The highest BCUT2D eigenvalue weighted by atomic mass is 19.1. The third kappa shape index (κ3) is 3.65. The summed E-state index contributed by atoms with van der Waals surface area (Å²) in [7, 11) is 0.